The van der Waals surface area contributed by atoms with Gasteiger partial charge in [-0.15, -0.1) is 0 Å². The molecular weight excluding hydrogens is 338 g/mol. The molecule has 0 bridgehead atoms. The van der Waals surface area contributed by atoms with Crippen molar-refractivity contribution in [3.8, 4) is 11.3 Å². The predicted octanol–water partition coefficient (Wildman–Crippen LogP) is 4.62. The third kappa shape index (κ3) is 3.83. The number of nitrogens with one attached hydrogen (secondary N) is 1. The third-order valence-corrected chi connectivity index (χ3v) is 4.02. The molecule has 1 N–H and O–H groups in total. The Morgan fingerprint density at radius 3 is 2.64 bits per heavy atom. The average molecular weight is 356 g/mol. The second-order valence-electron chi connectivity index (χ2n) is 5.94. The number of anilines is 2. The van der Waals surface area contributed by atoms with Crippen molar-refractivity contribution in [2.75, 3.05) is 24.3 Å². The molecule has 0 fully saturated rings. The molecule has 0 saturated carbocycles. The zero-order chi connectivity index (χ0) is 18.0. The molecule has 3 rings (SSSR count). The van der Waals surface area contributed by atoms with E-state index in [9.17, 15) is 4.79 Å². The Balaban J connectivity index is 1.77. The quantitative estimate of drug-likeness (QED) is 0.741. The molecule has 0 aliphatic heterocycles. The maximum Gasteiger partial charge on any atom is 0.277 e. The second kappa shape index (κ2) is 6.99. The molecule has 0 unspecified atom stereocenters. The molecule has 1 heterocycles. The topological polar surface area (TPSA) is 58.4 Å². The highest BCUT2D eigenvalue weighted by Crippen LogP contribution is 2.25. The average Bonchev–Trinajstić information content (AvgIpc) is 3.04. The molecule has 0 spiro atoms. The van der Waals surface area contributed by atoms with Crippen LogP contribution >= 0.6 is 11.6 Å². The van der Waals surface area contributed by atoms with Gasteiger partial charge in [-0.05, 0) is 42.8 Å². The van der Waals surface area contributed by atoms with Crippen molar-refractivity contribution in [1.29, 1.82) is 0 Å². The van der Waals surface area contributed by atoms with E-state index in [0.717, 1.165) is 16.8 Å². The summed E-state index contributed by atoms with van der Waals surface area (Å²) in [6.45, 7) is 2.00. The largest absolute Gasteiger partial charge is 0.377 e. The number of hydrogen-bond donors (Lipinski definition) is 1. The van der Waals surface area contributed by atoms with Crippen LogP contribution in [0.3, 0.4) is 0 Å². The van der Waals surface area contributed by atoms with E-state index in [1.165, 1.54) is 0 Å². The molecule has 128 valence electrons. The lowest BCUT2D eigenvalue weighted by atomic mass is 10.1. The fourth-order valence-electron chi connectivity index (χ4n) is 2.59. The van der Waals surface area contributed by atoms with Gasteiger partial charge in [-0.1, -0.05) is 28.9 Å². The molecule has 0 saturated heterocycles. The highest BCUT2D eigenvalue weighted by molar-refractivity contribution is 6.30. The van der Waals surface area contributed by atoms with Crippen molar-refractivity contribution >= 4 is 28.9 Å². The fourth-order valence-corrected chi connectivity index (χ4v) is 2.78. The molecule has 0 aliphatic carbocycles. The SMILES string of the molecule is Cc1cc(NC(=O)c2cc(-c3cccc(Cl)c3)on2)ccc1N(C)C. The second-order valence-corrected chi connectivity index (χ2v) is 6.37. The van der Waals surface area contributed by atoms with E-state index in [2.05, 4.69) is 10.5 Å². The zero-order valence-corrected chi connectivity index (χ0v) is 15.0. The third-order valence-electron chi connectivity index (χ3n) is 3.79. The number of nitrogens with zero attached hydrogens (tertiary/aromatic N) is 2. The molecule has 2 aromatic carbocycles. The van der Waals surface area contributed by atoms with Crippen molar-refractivity contribution in [2.24, 2.45) is 0 Å². The highest BCUT2D eigenvalue weighted by atomic mass is 35.5. The smallest absolute Gasteiger partial charge is 0.277 e. The van der Waals surface area contributed by atoms with Crippen LogP contribution in [0.2, 0.25) is 5.02 Å². The van der Waals surface area contributed by atoms with Gasteiger partial charge in [0.2, 0.25) is 0 Å². The van der Waals surface area contributed by atoms with E-state index in [4.69, 9.17) is 16.1 Å². The summed E-state index contributed by atoms with van der Waals surface area (Å²) >= 11 is 5.98. The van der Waals surface area contributed by atoms with Gasteiger partial charge >= 0.3 is 0 Å². The van der Waals surface area contributed by atoms with Gasteiger partial charge in [-0.2, -0.15) is 0 Å². The van der Waals surface area contributed by atoms with E-state index in [-0.39, 0.29) is 11.6 Å². The fraction of sp³-hybridized carbons (Fsp3) is 0.158. The first kappa shape index (κ1) is 17.0. The van der Waals surface area contributed by atoms with E-state index in [1.54, 1.807) is 18.2 Å². The van der Waals surface area contributed by atoms with Crippen LogP contribution in [0.1, 0.15) is 16.1 Å². The minimum absolute atomic E-state index is 0.212. The lowest BCUT2D eigenvalue weighted by Gasteiger charge is -2.16. The van der Waals surface area contributed by atoms with Gasteiger partial charge in [0.1, 0.15) is 0 Å². The number of halogens is 1. The molecule has 1 aromatic heterocycles. The first-order valence-electron chi connectivity index (χ1n) is 7.76. The summed E-state index contributed by atoms with van der Waals surface area (Å²) in [5.74, 6) is 0.167. The van der Waals surface area contributed by atoms with Gasteiger partial charge in [0, 0.05) is 42.1 Å². The Bertz CT molecular complexity index is 919. The summed E-state index contributed by atoms with van der Waals surface area (Å²) in [5, 5.41) is 7.28. The lowest BCUT2D eigenvalue weighted by Crippen LogP contribution is -2.13. The van der Waals surface area contributed by atoms with Crippen LogP contribution in [0.25, 0.3) is 11.3 Å². The molecule has 3 aromatic rings. The Labute approximate surface area is 151 Å². The van der Waals surface area contributed by atoms with Crippen LogP contribution in [-0.2, 0) is 0 Å². The molecule has 5 nitrogen and oxygen atoms in total. The number of carbonyl (C=O) groups is 1. The van der Waals surface area contributed by atoms with Gasteiger partial charge < -0.3 is 14.7 Å². The summed E-state index contributed by atoms with van der Waals surface area (Å²) in [6, 6.07) is 14.5. The number of amides is 1. The number of aromatic nitrogens is 1. The minimum atomic E-state index is -0.325. The van der Waals surface area contributed by atoms with Gasteiger partial charge in [-0.3, -0.25) is 4.79 Å². The summed E-state index contributed by atoms with van der Waals surface area (Å²) in [4.78, 5) is 14.4. The van der Waals surface area contributed by atoms with Crippen LogP contribution in [0.4, 0.5) is 11.4 Å². The van der Waals surface area contributed by atoms with E-state index in [1.807, 2.05) is 56.3 Å². The van der Waals surface area contributed by atoms with Crippen molar-refractivity contribution in [3.63, 3.8) is 0 Å². The zero-order valence-electron chi connectivity index (χ0n) is 14.2. The number of hydrogen-bond acceptors (Lipinski definition) is 4. The summed E-state index contributed by atoms with van der Waals surface area (Å²) < 4.78 is 5.26. The van der Waals surface area contributed by atoms with E-state index >= 15 is 0 Å². The first-order chi connectivity index (χ1) is 11.9. The standard InChI is InChI=1S/C19H18ClN3O2/c1-12-9-15(7-8-17(12)23(2)3)21-19(24)16-11-18(25-22-16)13-5-4-6-14(20)10-13/h4-11H,1-3H3,(H,21,24). The number of aryl methyl sites for hydroxylation is 1. The minimum Gasteiger partial charge on any atom is -0.377 e. The van der Waals surface area contributed by atoms with Crippen molar-refractivity contribution in [2.45, 2.75) is 6.92 Å². The Kier molecular flexibility index (Phi) is 4.76. The molecule has 0 atom stereocenters. The maximum absolute atomic E-state index is 12.4. The molecule has 1 amide bonds. The van der Waals surface area contributed by atoms with E-state index < -0.39 is 0 Å². The summed E-state index contributed by atoms with van der Waals surface area (Å²) in [7, 11) is 3.96. The Morgan fingerprint density at radius 2 is 1.96 bits per heavy atom. The summed E-state index contributed by atoms with van der Waals surface area (Å²) in [5.41, 5.74) is 3.86. The summed E-state index contributed by atoms with van der Waals surface area (Å²) in [6.07, 6.45) is 0. The van der Waals surface area contributed by atoms with Crippen molar-refractivity contribution in [1.82, 2.24) is 5.16 Å². The predicted molar refractivity (Wildman–Crippen MR) is 100 cm³/mol. The van der Waals surface area contributed by atoms with Crippen LogP contribution in [0.5, 0.6) is 0 Å². The molecule has 6 heteroatoms. The molecule has 0 radical (unpaired) electrons. The first-order valence-corrected chi connectivity index (χ1v) is 8.14. The lowest BCUT2D eigenvalue weighted by molar-refractivity contribution is 0.101. The maximum atomic E-state index is 12.4. The normalized spacial score (nSPS) is 10.6. The number of rotatable bonds is 4. The van der Waals surface area contributed by atoms with Crippen molar-refractivity contribution in [3.05, 3.63) is 64.8 Å². The number of carbonyl (C=O) groups excluding carboxylic acids is 1. The van der Waals surface area contributed by atoms with Crippen LogP contribution in [0, 0.1) is 6.92 Å². The molecule has 25 heavy (non-hydrogen) atoms. The van der Waals surface area contributed by atoms with Crippen LogP contribution in [-0.4, -0.2) is 25.2 Å². The van der Waals surface area contributed by atoms with Crippen LogP contribution < -0.4 is 10.2 Å². The van der Waals surface area contributed by atoms with Crippen molar-refractivity contribution < 1.29 is 9.32 Å². The van der Waals surface area contributed by atoms with Gasteiger partial charge in [-0.25, -0.2) is 0 Å². The molecule has 0 aliphatic rings. The highest BCUT2D eigenvalue weighted by Gasteiger charge is 2.14. The Hall–Kier alpha value is -2.79. The van der Waals surface area contributed by atoms with Gasteiger partial charge in [0.05, 0.1) is 0 Å². The van der Waals surface area contributed by atoms with Gasteiger partial charge in [0.15, 0.2) is 11.5 Å². The number of benzene rings is 2. The Morgan fingerprint density at radius 1 is 1.16 bits per heavy atom. The van der Waals surface area contributed by atoms with Gasteiger partial charge in [0.25, 0.3) is 5.91 Å². The van der Waals surface area contributed by atoms with E-state index in [0.29, 0.717) is 16.5 Å². The van der Waals surface area contributed by atoms with Crippen LogP contribution in [0.15, 0.2) is 53.1 Å². The molecular formula is C19H18ClN3O2. The monoisotopic (exact) mass is 355 g/mol.